The van der Waals surface area contributed by atoms with Gasteiger partial charge >= 0.3 is 5.97 Å². The Hall–Kier alpha value is -1.05. The molecule has 0 rings (SSSR count). The number of hydrogen-bond donors (Lipinski definition) is 1. The van der Waals surface area contributed by atoms with Crippen molar-refractivity contribution in [2.75, 3.05) is 0 Å². The largest absolute Gasteiger partial charge is 0.478 e. The molecule has 0 aromatic carbocycles. The fraction of sp³-hybridized carbons (Fsp3) is 0.500. The van der Waals surface area contributed by atoms with Gasteiger partial charge in [0.2, 0.25) is 0 Å². The molecule has 0 aromatic rings. The second-order valence-corrected chi connectivity index (χ2v) is 2.58. The molecule has 0 aliphatic rings. The van der Waals surface area contributed by atoms with Crippen molar-refractivity contribution in [2.45, 2.75) is 32.6 Å². The number of carboxylic acid groups (broad SMARTS) is 1. The van der Waals surface area contributed by atoms with E-state index in [2.05, 4.69) is 19.1 Å². The van der Waals surface area contributed by atoms with E-state index < -0.39 is 5.97 Å². The van der Waals surface area contributed by atoms with E-state index in [0.29, 0.717) is 0 Å². The highest BCUT2D eigenvalue weighted by molar-refractivity contribution is 5.79. The average Bonchev–Trinajstić information content (AvgIpc) is 2.02. The molecule has 0 aromatic heterocycles. The number of hydrogen-bond acceptors (Lipinski definition) is 1. The van der Waals surface area contributed by atoms with Gasteiger partial charge in [0.05, 0.1) is 0 Å². The molecule has 2 heteroatoms. The molecular weight excluding hydrogens is 152 g/mol. The first-order valence-electron chi connectivity index (χ1n) is 4.31. The van der Waals surface area contributed by atoms with Crippen molar-refractivity contribution in [2.24, 2.45) is 0 Å². The number of allylic oxidation sites excluding steroid dienone is 3. The molecule has 0 bridgehead atoms. The molecule has 2 nitrogen and oxygen atoms in total. The van der Waals surface area contributed by atoms with E-state index in [1.54, 1.807) is 6.08 Å². The molecule has 0 unspecified atom stereocenters. The van der Waals surface area contributed by atoms with E-state index in [1.807, 2.05) is 0 Å². The number of carboxylic acids is 1. The molecule has 68 valence electrons. The fourth-order valence-electron chi connectivity index (χ4n) is 0.779. The highest BCUT2D eigenvalue weighted by Gasteiger charge is 1.83. The van der Waals surface area contributed by atoms with Gasteiger partial charge in [-0.15, -0.1) is 0 Å². The fourth-order valence-corrected chi connectivity index (χ4v) is 0.779. The second kappa shape index (κ2) is 8.05. The standard InChI is InChI=1S/C10H16O2/c1-2-3-4-5-6-7-8-9-10(11)12/h4-5,8-9H,2-3,6-7H2,1H3,(H,11,12)/b5-4-,9-8-. The average molecular weight is 168 g/mol. The monoisotopic (exact) mass is 168 g/mol. The van der Waals surface area contributed by atoms with E-state index in [-0.39, 0.29) is 0 Å². The van der Waals surface area contributed by atoms with Gasteiger partial charge in [0.15, 0.2) is 0 Å². The van der Waals surface area contributed by atoms with Crippen LogP contribution in [-0.4, -0.2) is 11.1 Å². The molecule has 0 atom stereocenters. The van der Waals surface area contributed by atoms with Crippen molar-refractivity contribution < 1.29 is 9.90 Å². The summed E-state index contributed by atoms with van der Waals surface area (Å²) < 4.78 is 0. The summed E-state index contributed by atoms with van der Waals surface area (Å²) in [7, 11) is 0. The van der Waals surface area contributed by atoms with Gasteiger partial charge in [0.25, 0.3) is 0 Å². The molecule has 1 N–H and O–H groups in total. The van der Waals surface area contributed by atoms with Crippen LogP contribution in [0.1, 0.15) is 32.6 Å². The minimum atomic E-state index is -0.868. The van der Waals surface area contributed by atoms with Crippen LogP contribution in [0.4, 0.5) is 0 Å². The highest BCUT2D eigenvalue weighted by atomic mass is 16.4. The van der Waals surface area contributed by atoms with Gasteiger partial charge in [0.1, 0.15) is 0 Å². The zero-order chi connectivity index (χ0) is 9.23. The SMILES string of the molecule is CCC/C=C\CC/C=C\C(=O)O. The van der Waals surface area contributed by atoms with Crippen molar-refractivity contribution in [3.8, 4) is 0 Å². The van der Waals surface area contributed by atoms with Crippen molar-refractivity contribution in [1.82, 2.24) is 0 Å². The van der Waals surface area contributed by atoms with Crippen LogP contribution in [0.15, 0.2) is 24.3 Å². The quantitative estimate of drug-likeness (QED) is 0.376. The summed E-state index contributed by atoms with van der Waals surface area (Å²) in [6.45, 7) is 2.13. The predicted molar refractivity (Wildman–Crippen MR) is 50.1 cm³/mol. The second-order valence-electron chi connectivity index (χ2n) is 2.58. The van der Waals surface area contributed by atoms with Crippen LogP contribution in [0.2, 0.25) is 0 Å². The lowest BCUT2D eigenvalue weighted by molar-refractivity contribution is -0.131. The van der Waals surface area contributed by atoms with Crippen LogP contribution in [0.3, 0.4) is 0 Å². The molecular formula is C10H16O2. The van der Waals surface area contributed by atoms with E-state index in [9.17, 15) is 4.79 Å². The maximum atomic E-state index is 10.0. The summed E-state index contributed by atoms with van der Waals surface area (Å²) in [5.41, 5.74) is 0. The van der Waals surface area contributed by atoms with Crippen molar-refractivity contribution in [1.29, 1.82) is 0 Å². The summed E-state index contributed by atoms with van der Waals surface area (Å²) >= 11 is 0. The maximum absolute atomic E-state index is 10.0. The summed E-state index contributed by atoms with van der Waals surface area (Å²) in [5, 5.41) is 8.25. The van der Waals surface area contributed by atoms with Gasteiger partial charge < -0.3 is 5.11 Å². The molecule has 0 spiro atoms. The lowest BCUT2D eigenvalue weighted by Gasteiger charge is -1.86. The van der Waals surface area contributed by atoms with Gasteiger partial charge in [-0.1, -0.05) is 31.6 Å². The van der Waals surface area contributed by atoms with Crippen LogP contribution < -0.4 is 0 Å². The molecule has 0 saturated carbocycles. The third kappa shape index (κ3) is 8.95. The first kappa shape index (κ1) is 11.0. The Kier molecular flexibility index (Phi) is 7.35. The molecule has 0 amide bonds. The van der Waals surface area contributed by atoms with Gasteiger partial charge in [-0.25, -0.2) is 4.79 Å². The van der Waals surface area contributed by atoms with E-state index in [1.165, 1.54) is 12.5 Å². The zero-order valence-corrected chi connectivity index (χ0v) is 7.49. The summed E-state index contributed by atoms with van der Waals surface area (Å²) in [6.07, 6.45) is 11.1. The Morgan fingerprint density at radius 2 is 1.75 bits per heavy atom. The number of carbonyl (C=O) groups is 1. The highest BCUT2D eigenvalue weighted by Crippen LogP contribution is 1.95. The van der Waals surface area contributed by atoms with Crippen LogP contribution in [0, 0.1) is 0 Å². The first-order chi connectivity index (χ1) is 5.77. The molecule has 12 heavy (non-hydrogen) atoms. The van der Waals surface area contributed by atoms with Crippen LogP contribution in [0.25, 0.3) is 0 Å². The number of rotatable bonds is 6. The zero-order valence-electron chi connectivity index (χ0n) is 7.49. The van der Waals surface area contributed by atoms with Crippen molar-refractivity contribution in [3.63, 3.8) is 0 Å². The normalized spacial score (nSPS) is 11.4. The van der Waals surface area contributed by atoms with Crippen LogP contribution >= 0.6 is 0 Å². The Morgan fingerprint density at radius 3 is 2.33 bits per heavy atom. The van der Waals surface area contributed by atoms with Gasteiger partial charge in [-0.3, -0.25) is 0 Å². The maximum Gasteiger partial charge on any atom is 0.327 e. The first-order valence-corrected chi connectivity index (χ1v) is 4.31. The minimum Gasteiger partial charge on any atom is -0.478 e. The van der Waals surface area contributed by atoms with Gasteiger partial charge in [0, 0.05) is 6.08 Å². The third-order valence-corrected chi connectivity index (χ3v) is 1.38. The van der Waals surface area contributed by atoms with E-state index in [4.69, 9.17) is 5.11 Å². The van der Waals surface area contributed by atoms with Gasteiger partial charge in [-0.05, 0) is 19.3 Å². The molecule has 0 saturated heterocycles. The van der Waals surface area contributed by atoms with Gasteiger partial charge in [-0.2, -0.15) is 0 Å². The smallest absolute Gasteiger partial charge is 0.327 e. The third-order valence-electron chi connectivity index (χ3n) is 1.38. The predicted octanol–water partition coefficient (Wildman–Crippen LogP) is 2.76. The Bertz CT molecular complexity index is 169. The molecule has 0 radical (unpaired) electrons. The lowest BCUT2D eigenvalue weighted by Crippen LogP contribution is -1.85. The number of unbranched alkanes of at least 4 members (excludes halogenated alkanes) is 2. The minimum absolute atomic E-state index is 0.812. The topological polar surface area (TPSA) is 37.3 Å². The Morgan fingerprint density at radius 1 is 1.17 bits per heavy atom. The lowest BCUT2D eigenvalue weighted by atomic mass is 10.2. The molecule has 0 aliphatic heterocycles. The Labute approximate surface area is 73.6 Å². The van der Waals surface area contributed by atoms with E-state index in [0.717, 1.165) is 19.3 Å². The van der Waals surface area contributed by atoms with Crippen LogP contribution in [-0.2, 0) is 4.79 Å². The van der Waals surface area contributed by atoms with Crippen molar-refractivity contribution >= 4 is 5.97 Å². The molecule has 0 heterocycles. The van der Waals surface area contributed by atoms with Crippen LogP contribution in [0.5, 0.6) is 0 Å². The molecule has 0 aliphatic carbocycles. The number of aliphatic carboxylic acids is 1. The molecule has 0 fully saturated rings. The Balaban J connectivity index is 3.26. The summed E-state index contributed by atoms with van der Waals surface area (Å²) in [4.78, 5) is 10.0. The summed E-state index contributed by atoms with van der Waals surface area (Å²) in [5.74, 6) is -0.868. The summed E-state index contributed by atoms with van der Waals surface area (Å²) in [6, 6.07) is 0. The van der Waals surface area contributed by atoms with E-state index >= 15 is 0 Å². The van der Waals surface area contributed by atoms with Crippen molar-refractivity contribution in [3.05, 3.63) is 24.3 Å².